The standard InChI is InChI=1S/C19H13N3/c1-2-8-14(9-3-1)22-16-11-5-4-10-15(16)18-19(22)21-13-7-6-12-17(21)20-18/h1-13H. The molecule has 22 heavy (non-hydrogen) atoms. The molecule has 5 rings (SSSR count). The fraction of sp³-hybridized carbons (Fsp3) is 0. The van der Waals surface area contributed by atoms with Gasteiger partial charge in [-0.05, 0) is 30.3 Å². The van der Waals surface area contributed by atoms with Gasteiger partial charge in [-0.2, -0.15) is 0 Å². The predicted molar refractivity (Wildman–Crippen MR) is 89.5 cm³/mol. The van der Waals surface area contributed by atoms with Gasteiger partial charge < -0.3 is 0 Å². The molecule has 5 aromatic rings. The third-order valence-corrected chi connectivity index (χ3v) is 4.13. The van der Waals surface area contributed by atoms with Gasteiger partial charge in [0, 0.05) is 17.3 Å². The first-order valence-electron chi connectivity index (χ1n) is 7.35. The van der Waals surface area contributed by atoms with E-state index in [9.17, 15) is 0 Å². The monoisotopic (exact) mass is 283 g/mol. The van der Waals surface area contributed by atoms with Crippen LogP contribution in [0.1, 0.15) is 0 Å². The van der Waals surface area contributed by atoms with E-state index in [2.05, 4.69) is 63.7 Å². The van der Waals surface area contributed by atoms with Gasteiger partial charge in [0.2, 0.25) is 0 Å². The number of benzene rings is 2. The van der Waals surface area contributed by atoms with Crippen LogP contribution in [0.15, 0.2) is 79.0 Å². The molecule has 0 saturated heterocycles. The van der Waals surface area contributed by atoms with Gasteiger partial charge in [0.05, 0.1) is 5.52 Å². The molecule has 3 aromatic heterocycles. The first-order chi connectivity index (χ1) is 10.9. The molecule has 104 valence electrons. The molecule has 0 unspecified atom stereocenters. The molecule has 3 heterocycles. The van der Waals surface area contributed by atoms with Gasteiger partial charge in [-0.1, -0.05) is 42.5 Å². The lowest BCUT2D eigenvalue weighted by atomic mass is 10.2. The van der Waals surface area contributed by atoms with Crippen LogP contribution in [0.4, 0.5) is 0 Å². The van der Waals surface area contributed by atoms with Crippen LogP contribution >= 0.6 is 0 Å². The summed E-state index contributed by atoms with van der Waals surface area (Å²) in [6.07, 6.45) is 2.07. The molecule has 0 N–H and O–H groups in total. The highest BCUT2D eigenvalue weighted by Crippen LogP contribution is 2.31. The van der Waals surface area contributed by atoms with E-state index in [1.165, 1.54) is 10.9 Å². The van der Waals surface area contributed by atoms with Crippen molar-refractivity contribution < 1.29 is 0 Å². The molecule has 0 amide bonds. The Kier molecular flexibility index (Phi) is 2.22. The zero-order valence-corrected chi connectivity index (χ0v) is 11.8. The molecule has 0 saturated carbocycles. The van der Waals surface area contributed by atoms with Gasteiger partial charge in [-0.25, -0.2) is 4.98 Å². The van der Waals surface area contributed by atoms with Crippen molar-refractivity contribution in [3.8, 4) is 5.69 Å². The van der Waals surface area contributed by atoms with Gasteiger partial charge in [0.25, 0.3) is 0 Å². The molecule has 0 spiro atoms. The number of para-hydroxylation sites is 2. The Morgan fingerprint density at radius 1 is 0.727 bits per heavy atom. The first kappa shape index (κ1) is 11.6. The van der Waals surface area contributed by atoms with E-state index in [1.807, 2.05) is 24.3 Å². The third kappa shape index (κ3) is 1.42. The molecule has 0 aliphatic carbocycles. The lowest BCUT2D eigenvalue weighted by Gasteiger charge is -2.07. The van der Waals surface area contributed by atoms with Crippen LogP contribution in [0.25, 0.3) is 33.4 Å². The quantitative estimate of drug-likeness (QED) is 0.446. The number of pyridine rings is 1. The summed E-state index contributed by atoms with van der Waals surface area (Å²) in [7, 11) is 0. The highest BCUT2D eigenvalue weighted by molar-refractivity contribution is 6.07. The lowest BCUT2D eigenvalue weighted by molar-refractivity contribution is 1.09. The van der Waals surface area contributed by atoms with Crippen molar-refractivity contribution >= 4 is 27.7 Å². The fourth-order valence-corrected chi connectivity index (χ4v) is 3.20. The Bertz CT molecular complexity index is 1110. The summed E-state index contributed by atoms with van der Waals surface area (Å²) in [4.78, 5) is 4.83. The van der Waals surface area contributed by atoms with Crippen LogP contribution in [0.2, 0.25) is 0 Å². The molecule has 0 atom stereocenters. The number of imidazole rings is 1. The number of rotatable bonds is 1. The van der Waals surface area contributed by atoms with Crippen LogP contribution in [-0.4, -0.2) is 14.0 Å². The lowest BCUT2D eigenvalue weighted by Crippen LogP contribution is -1.96. The summed E-state index contributed by atoms with van der Waals surface area (Å²) in [6, 6.07) is 25.0. The summed E-state index contributed by atoms with van der Waals surface area (Å²) in [5.41, 5.74) is 5.47. The highest BCUT2D eigenvalue weighted by atomic mass is 15.1. The summed E-state index contributed by atoms with van der Waals surface area (Å²) >= 11 is 0. The number of hydrogen-bond acceptors (Lipinski definition) is 1. The SMILES string of the molecule is c1ccc(-n2c3ccccc3c3nc4ccccn4c32)cc1. The minimum absolute atomic E-state index is 0.975. The predicted octanol–water partition coefficient (Wildman–Crippen LogP) is 4.43. The zero-order chi connectivity index (χ0) is 14.5. The summed E-state index contributed by atoms with van der Waals surface area (Å²) in [6.45, 7) is 0. The average molecular weight is 283 g/mol. The maximum atomic E-state index is 4.83. The number of fused-ring (bicyclic) bond motifs is 5. The van der Waals surface area contributed by atoms with Crippen molar-refractivity contribution in [3.63, 3.8) is 0 Å². The zero-order valence-electron chi connectivity index (χ0n) is 11.8. The number of hydrogen-bond donors (Lipinski definition) is 0. The second kappa shape index (κ2) is 4.21. The second-order valence-electron chi connectivity index (χ2n) is 5.40. The van der Waals surface area contributed by atoms with Crippen LogP contribution in [0.3, 0.4) is 0 Å². The van der Waals surface area contributed by atoms with Gasteiger partial charge in [0.15, 0.2) is 5.65 Å². The number of aromatic nitrogens is 3. The van der Waals surface area contributed by atoms with Crippen LogP contribution < -0.4 is 0 Å². The molecular formula is C19H13N3. The molecule has 0 bridgehead atoms. The third-order valence-electron chi connectivity index (χ3n) is 4.13. The maximum absolute atomic E-state index is 4.83. The molecule has 0 aliphatic heterocycles. The topological polar surface area (TPSA) is 22.2 Å². The van der Waals surface area contributed by atoms with Gasteiger partial charge in [0.1, 0.15) is 11.2 Å². The normalized spacial score (nSPS) is 11.6. The first-order valence-corrected chi connectivity index (χ1v) is 7.35. The van der Waals surface area contributed by atoms with Gasteiger partial charge in [-0.15, -0.1) is 0 Å². The van der Waals surface area contributed by atoms with Gasteiger partial charge >= 0.3 is 0 Å². The number of nitrogens with zero attached hydrogens (tertiary/aromatic N) is 3. The second-order valence-corrected chi connectivity index (χ2v) is 5.40. The van der Waals surface area contributed by atoms with E-state index in [0.29, 0.717) is 0 Å². The Balaban J connectivity index is 2.08. The summed E-state index contributed by atoms with van der Waals surface area (Å²) < 4.78 is 4.44. The Morgan fingerprint density at radius 2 is 1.50 bits per heavy atom. The molecule has 0 aliphatic rings. The fourth-order valence-electron chi connectivity index (χ4n) is 3.20. The minimum Gasteiger partial charge on any atom is -0.294 e. The smallest absolute Gasteiger partial charge is 0.150 e. The molecule has 3 nitrogen and oxygen atoms in total. The Hall–Kier alpha value is -3.07. The van der Waals surface area contributed by atoms with Crippen molar-refractivity contribution in [2.24, 2.45) is 0 Å². The van der Waals surface area contributed by atoms with E-state index in [1.54, 1.807) is 0 Å². The van der Waals surface area contributed by atoms with E-state index in [-0.39, 0.29) is 0 Å². The molecule has 0 radical (unpaired) electrons. The minimum atomic E-state index is 0.975. The molecular weight excluding hydrogens is 270 g/mol. The van der Waals surface area contributed by atoms with Crippen LogP contribution in [0.5, 0.6) is 0 Å². The van der Waals surface area contributed by atoms with Crippen LogP contribution in [-0.2, 0) is 0 Å². The van der Waals surface area contributed by atoms with E-state index in [0.717, 1.165) is 22.5 Å². The molecule has 2 aromatic carbocycles. The Morgan fingerprint density at radius 3 is 2.41 bits per heavy atom. The van der Waals surface area contributed by atoms with Crippen molar-refractivity contribution in [2.75, 3.05) is 0 Å². The van der Waals surface area contributed by atoms with Crippen molar-refractivity contribution in [3.05, 3.63) is 79.0 Å². The van der Waals surface area contributed by atoms with E-state index in [4.69, 9.17) is 4.98 Å². The summed E-state index contributed by atoms with van der Waals surface area (Å²) in [5.74, 6) is 0. The van der Waals surface area contributed by atoms with E-state index < -0.39 is 0 Å². The van der Waals surface area contributed by atoms with Crippen molar-refractivity contribution in [1.29, 1.82) is 0 Å². The molecule has 3 heteroatoms. The Labute approximate surface area is 127 Å². The highest BCUT2D eigenvalue weighted by Gasteiger charge is 2.16. The average Bonchev–Trinajstić information content (AvgIpc) is 3.10. The van der Waals surface area contributed by atoms with Crippen LogP contribution in [0, 0.1) is 0 Å². The molecule has 0 fully saturated rings. The van der Waals surface area contributed by atoms with E-state index >= 15 is 0 Å². The van der Waals surface area contributed by atoms with Gasteiger partial charge in [-0.3, -0.25) is 8.97 Å². The summed E-state index contributed by atoms with van der Waals surface area (Å²) in [5, 5.41) is 1.19. The largest absolute Gasteiger partial charge is 0.294 e. The van der Waals surface area contributed by atoms with Crippen molar-refractivity contribution in [2.45, 2.75) is 0 Å². The van der Waals surface area contributed by atoms with Crippen molar-refractivity contribution in [1.82, 2.24) is 14.0 Å². The maximum Gasteiger partial charge on any atom is 0.150 e.